The quantitative estimate of drug-likeness (QED) is 0.760. The van der Waals surface area contributed by atoms with Crippen LogP contribution in [0.5, 0.6) is 5.75 Å². The molecule has 5 heteroatoms. The Hall–Kier alpha value is -0.900. The second-order valence-electron chi connectivity index (χ2n) is 3.76. The van der Waals surface area contributed by atoms with Gasteiger partial charge in [-0.3, -0.25) is 0 Å². The largest absolute Gasteiger partial charge is 0.506 e. The topological polar surface area (TPSA) is 32.3 Å². The lowest BCUT2D eigenvalue weighted by atomic mass is 10.2. The van der Waals surface area contributed by atoms with E-state index in [9.17, 15) is 5.11 Å². The highest BCUT2D eigenvalue weighted by Crippen LogP contribution is 2.27. The van der Waals surface area contributed by atoms with Crippen LogP contribution < -0.4 is 5.32 Å². The van der Waals surface area contributed by atoms with E-state index in [2.05, 4.69) is 21.2 Å². The summed E-state index contributed by atoms with van der Waals surface area (Å²) in [6.45, 7) is 0.590. The molecule has 0 bridgehead atoms. The summed E-state index contributed by atoms with van der Waals surface area (Å²) in [6.07, 6.45) is 0. The lowest BCUT2D eigenvalue weighted by molar-refractivity contribution is 0.475. The van der Waals surface area contributed by atoms with E-state index in [1.807, 2.05) is 18.2 Å². The average Bonchev–Trinajstić information content (AvgIpc) is 2.32. The van der Waals surface area contributed by atoms with Crippen molar-refractivity contribution in [2.45, 2.75) is 6.54 Å². The van der Waals surface area contributed by atoms with Crippen molar-refractivity contribution < 1.29 is 5.11 Å². The maximum atomic E-state index is 9.32. The number of phenolic OH excluding ortho intramolecular Hbond substituents is 1. The molecular formula is C13H10BrCl2NO. The molecule has 0 unspecified atom stereocenters. The van der Waals surface area contributed by atoms with E-state index in [0.29, 0.717) is 16.6 Å². The number of aromatic hydroxyl groups is 1. The van der Waals surface area contributed by atoms with Crippen LogP contribution in [-0.2, 0) is 6.54 Å². The fraction of sp³-hybridized carbons (Fsp3) is 0.0769. The molecule has 2 aromatic carbocycles. The Morgan fingerprint density at radius 2 is 1.83 bits per heavy atom. The number of nitrogens with one attached hydrogen (secondary N) is 1. The van der Waals surface area contributed by atoms with Crippen molar-refractivity contribution in [2.75, 3.05) is 5.32 Å². The van der Waals surface area contributed by atoms with Gasteiger partial charge in [0.25, 0.3) is 0 Å². The van der Waals surface area contributed by atoms with Gasteiger partial charge < -0.3 is 10.4 Å². The SMILES string of the molecule is Oc1ccc(NCc2ccc(Br)cc2Cl)cc1Cl. The molecule has 0 amide bonds. The van der Waals surface area contributed by atoms with Crippen molar-refractivity contribution in [3.63, 3.8) is 0 Å². The zero-order valence-corrected chi connectivity index (χ0v) is 12.4. The molecule has 0 aromatic heterocycles. The monoisotopic (exact) mass is 345 g/mol. The van der Waals surface area contributed by atoms with E-state index in [1.54, 1.807) is 18.2 Å². The van der Waals surface area contributed by atoms with Crippen LogP contribution >= 0.6 is 39.1 Å². The van der Waals surface area contributed by atoms with Gasteiger partial charge >= 0.3 is 0 Å². The Labute approximate surface area is 124 Å². The molecule has 0 aliphatic carbocycles. The predicted molar refractivity (Wildman–Crippen MR) is 79.6 cm³/mol. The first-order chi connectivity index (χ1) is 8.56. The highest BCUT2D eigenvalue weighted by Gasteiger charge is 2.03. The van der Waals surface area contributed by atoms with Gasteiger partial charge in [-0.1, -0.05) is 45.2 Å². The molecule has 0 aliphatic heterocycles. The Bertz CT molecular complexity index is 575. The zero-order valence-electron chi connectivity index (χ0n) is 9.25. The number of halogens is 3. The van der Waals surface area contributed by atoms with Gasteiger partial charge in [0.1, 0.15) is 5.75 Å². The van der Waals surface area contributed by atoms with Gasteiger partial charge in [-0.15, -0.1) is 0 Å². The summed E-state index contributed by atoms with van der Waals surface area (Å²) in [5.74, 6) is 0.0730. The van der Waals surface area contributed by atoms with E-state index >= 15 is 0 Å². The third-order valence-electron chi connectivity index (χ3n) is 2.45. The molecule has 0 fully saturated rings. The molecular weight excluding hydrogens is 337 g/mol. The summed E-state index contributed by atoms with van der Waals surface area (Å²) >= 11 is 15.3. The molecule has 0 heterocycles. The third-order valence-corrected chi connectivity index (χ3v) is 3.59. The number of anilines is 1. The third kappa shape index (κ3) is 3.31. The summed E-state index contributed by atoms with van der Waals surface area (Å²) in [5, 5.41) is 13.5. The average molecular weight is 347 g/mol. The van der Waals surface area contributed by atoms with Crippen LogP contribution in [0.3, 0.4) is 0 Å². The van der Waals surface area contributed by atoms with Crippen molar-refractivity contribution in [1.29, 1.82) is 0 Å². The molecule has 0 aliphatic rings. The fourth-order valence-electron chi connectivity index (χ4n) is 1.48. The van der Waals surface area contributed by atoms with Gasteiger partial charge in [0, 0.05) is 21.7 Å². The molecule has 94 valence electrons. The van der Waals surface area contributed by atoms with Crippen molar-refractivity contribution >= 4 is 44.8 Å². The first kappa shape index (κ1) is 13.5. The summed E-state index contributed by atoms with van der Waals surface area (Å²) in [5.41, 5.74) is 1.82. The first-order valence-electron chi connectivity index (χ1n) is 5.22. The van der Waals surface area contributed by atoms with E-state index in [1.165, 1.54) is 0 Å². The molecule has 18 heavy (non-hydrogen) atoms. The van der Waals surface area contributed by atoms with Crippen LogP contribution in [0.2, 0.25) is 10.0 Å². The summed E-state index contributed by atoms with van der Waals surface area (Å²) in [6, 6.07) is 10.7. The molecule has 2 nitrogen and oxygen atoms in total. The van der Waals surface area contributed by atoms with E-state index in [4.69, 9.17) is 23.2 Å². The number of benzene rings is 2. The lowest BCUT2D eigenvalue weighted by Gasteiger charge is -2.09. The van der Waals surface area contributed by atoms with Gasteiger partial charge in [-0.05, 0) is 35.9 Å². The van der Waals surface area contributed by atoms with Gasteiger partial charge in [0.2, 0.25) is 0 Å². The van der Waals surface area contributed by atoms with Crippen LogP contribution in [0.4, 0.5) is 5.69 Å². The molecule has 0 saturated heterocycles. The van der Waals surface area contributed by atoms with Gasteiger partial charge in [-0.2, -0.15) is 0 Å². The van der Waals surface area contributed by atoms with E-state index in [-0.39, 0.29) is 5.75 Å². The molecule has 0 spiro atoms. The van der Waals surface area contributed by atoms with Crippen LogP contribution in [0.25, 0.3) is 0 Å². The minimum Gasteiger partial charge on any atom is -0.506 e. The lowest BCUT2D eigenvalue weighted by Crippen LogP contribution is -1.99. The fourth-order valence-corrected chi connectivity index (χ4v) is 2.40. The van der Waals surface area contributed by atoms with Crippen molar-refractivity contribution in [3.05, 3.63) is 56.5 Å². The van der Waals surface area contributed by atoms with Crippen LogP contribution in [0.1, 0.15) is 5.56 Å². The minimum absolute atomic E-state index is 0.0730. The predicted octanol–water partition coefficient (Wildman–Crippen LogP) is 5.07. The summed E-state index contributed by atoms with van der Waals surface area (Å²) < 4.78 is 0.948. The van der Waals surface area contributed by atoms with Crippen molar-refractivity contribution in [3.8, 4) is 5.75 Å². The Balaban J connectivity index is 2.09. The number of hydrogen-bond donors (Lipinski definition) is 2. The standard InChI is InChI=1S/C13H10BrCl2NO/c14-9-2-1-8(11(15)5-9)7-17-10-3-4-13(18)12(16)6-10/h1-6,17-18H,7H2. The highest BCUT2D eigenvalue weighted by atomic mass is 79.9. The maximum absolute atomic E-state index is 9.32. The Kier molecular flexibility index (Phi) is 4.38. The minimum atomic E-state index is 0.0730. The molecule has 2 rings (SSSR count). The molecule has 2 N–H and O–H groups in total. The maximum Gasteiger partial charge on any atom is 0.134 e. The second kappa shape index (κ2) is 5.83. The second-order valence-corrected chi connectivity index (χ2v) is 5.49. The Morgan fingerprint density at radius 1 is 1.06 bits per heavy atom. The number of hydrogen-bond acceptors (Lipinski definition) is 2. The Morgan fingerprint density at radius 3 is 2.50 bits per heavy atom. The molecule has 0 atom stereocenters. The first-order valence-corrected chi connectivity index (χ1v) is 6.77. The summed E-state index contributed by atoms with van der Waals surface area (Å²) in [7, 11) is 0. The molecule has 0 radical (unpaired) electrons. The molecule has 2 aromatic rings. The number of phenols is 1. The van der Waals surface area contributed by atoms with Crippen molar-refractivity contribution in [2.24, 2.45) is 0 Å². The highest BCUT2D eigenvalue weighted by molar-refractivity contribution is 9.10. The van der Waals surface area contributed by atoms with Crippen LogP contribution in [-0.4, -0.2) is 5.11 Å². The van der Waals surface area contributed by atoms with E-state index < -0.39 is 0 Å². The zero-order chi connectivity index (χ0) is 13.1. The van der Waals surface area contributed by atoms with Crippen LogP contribution in [0.15, 0.2) is 40.9 Å². The van der Waals surface area contributed by atoms with Crippen LogP contribution in [0, 0.1) is 0 Å². The van der Waals surface area contributed by atoms with E-state index in [0.717, 1.165) is 15.7 Å². The smallest absolute Gasteiger partial charge is 0.134 e. The van der Waals surface area contributed by atoms with Gasteiger partial charge in [-0.25, -0.2) is 0 Å². The van der Waals surface area contributed by atoms with Crippen molar-refractivity contribution in [1.82, 2.24) is 0 Å². The normalized spacial score (nSPS) is 10.4. The van der Waals surface area contributed by atoms with Gasteiger partial charge in [0.15, 0.2) is 0 Å². The summed E-state index contributed by atoms with van der Waals surface area (Å²) in [4.78, 5) is 0. The molecule has 0 saturated carbocycles. The number of rotatable bonds is 3. The van der Waals surface area contributed by atoms with Gasteiger partial charge in [0.05, 0.1) is 5.02 Å².